The molecule has 3 aromatic carbocycles. The zero-order chi connectivity index (χ0) is 20.9. The number of rotatable bonds is 5. The summed E-state index contributed by atoms with van der Waals surface area (Å²) in [6.45, 7) is 0.738. The predicted octanol–water partition coefficient (Wildman–Crippen LogP) is 4.68. The summed E-state index contributed by atoms with van der Waals surface area (Å²) < 4.78 is 0. The standard InChI is InChI=1S/C26H28N2O2/c27-24(17-19-12-14-23(29)15-13-19)26(30)28-16-5-4-11-25(28)22-10-6-9-21(18-22)20-7-2-1-3-8-20/h1-3,6-10,12-15,18,24-25,29H,4-5,11,16-17,27H2/t24-,25+/m0/s1. The van der Waals surface area contributed by atoms with Crippen LogP contribution in [0.15, 0.2) is 78.9 Å². The molecule has 1 saturated heterocycles. The number of benzene rings is 3. The Kier molecular flexibility index (Phi) is 6.15. The Bertz CT molecular complexity index is 985. The number of phenolic OH excluding ortho intramolecular Hbond substituents is 1. The molecular weight excluding hydrogens is 372 g/mol. The van der Waals surface area contributed by atoms with E-state index in [4.69, 9.17) is 5.73 Å². The van der Waals surface area contributed by atoms with E-state index >= 15 is 0 Å². The first-order chi connectivity index (χ1) is 14.6. The minimum Gasteiger partial charge on any atom is -0.508 e. The van der Waals surface area contributed by atoms with Gasteiger partial charge in [-0.2, -0.15) is 0 Å². The lowest BCUT2D eigenvalue weighted by Gasteiger charge is -2.37. The fourth-order valence-electron chi connectivity index (χ4n) is 4.28. The van der Waals surface area contributed by atoms with E-state index in [1.807, 2.05) is 35.2 Å². The van der Waals surface area contributed by atoms with Crippen molar-refractivity contribution >= 4 is 5.91 Å². The number of amides is 1. The SMILES string of the molecule is N[C@@H](Cc1ccc(O)cc1)C(=O)N1CCCC[C@@H]1c1cccc(-c2ccccc2)c1. The molecule has 1 aliphatic rings. The van der Waals surface area contributed by atoms with Gasteiger partial charge >= 0.3 is 0 Å². The molecule has 4 heteroatoms. The van der Waals surface area contributed by atoms with Crippen LogP contribution in [-0.4, -0.2) is 28.5 Å². The number of carbonyl (C=O) groups is 1. The molecule has 1 heterocycles. The highest BCUT2D eigenvalue weighted by atomic mass is 16.3. The Morgan fingerprint density at radius 1 is 0.967 bits per heavy atom. The van der Waals surface area contributed by atoms with Crippen LogP contribution in [0.2, 0.25) is 0 Å². The first-order valence-electron chi connectivity index (χ1n) is 10.6. The molecule has 0 bridgehead atoms. The van der Waals surface area contributed by atoms with Gasteiger partial charge in [0.25, 0.3) is 0 Å². The molecule has 0 unspecified atom stereocenters. The van der Waals surface area contributed by atoms with Crippen molar-refractivity contribution in [1.82, 2.24) is 4.90 Å². The van der Waals surface area contributed by atoms with Gasteiger partial charge in [-0.05, 0) is 66.1 Å². The van der Waals surface area contributed by atoms with Gasteiger partial charge in [0.15, 0.2) is 0 Å². The van der Waals surface area contributed by atoms with Gasteiger partial charge in [-0.3, -0.25) is 4.79 Å². The molecule has 30 heavy (non-hydrogen) atoms. The molecule has 0 spiro atoms. The van der Waals surface area contributed by atoms with E-state index in [9.17, 15) is 9.90 Å². The van der Waals surface area contributed by atoms with Crippen LogP contribution in [0.5, 0.6) is 5.75 Å². The topological polar surface area (TPSA) is 66.6 Å². The second-order valence-corrected chi connectivity index (χ2v) is 8.01. The van der Waals surface area contributed by atoms with Crippen LogP contribution in [-0.2, 0) is 11.2 Å². The van der Waals surface area contributed by atoms with Crippen molar-refractivity contribution in [2.24, 2.45) is 5.73 Å². The van der Waals surface area contributed by atoms with E-state index in [1.165, 1.54) is 16.7 Å². The summed E-state index contributed by atoms with van der Waals surface area (Å²) in [5.41, 5.74) is 10.8. The average Bonchev–Trinajstić information content (AvgIpc) is 2.81. The number of hydrogen-bond acceptors (Lipinski definition) is 3. The summed E-state index contributed by atoms with van der Waals surface area (Å²) >= 11 is 0. The molecule has 0 saturated carbocycles. The fraction of sp³-hybridized carbons (Fsp3) is 0.269. The third-order valence-corrected chi connectivity index (χ3v) is 5.87. The molecule has 2 atom stereocenters. The highest BCUT2D eigenvalue weighted by Crippen LogP contribution is 2.33. The molecule has 4 rings (SSSR count). The molecule has 0 radical (unpaired) electrons. The van der Waals surface area contributed by atoms with Crippen molar-refractivity contribution in [3.63, 3.8) is 0 Å². The molecule has 3 aromatic rings. The Balaban J connectivity index is 1.54. The highest BCUT2D eigenvalue weighted by Gasteiger charge is 2.31. The summed E-state index contributed by atoms with van der Waals surface area (Å²) in [5.74, 6) is 0.214. The number of nitrogens with zero attached hydrogens (tertiary/aromatic N) is 1. The van der Waals surface area contributed by atoms with Crippen LogP contribution < -0.4 is 5.73 Å². The number of aromatic hydroxyl groups is 1. The Morgan fingerprint density at radius 3 is 2.47 bits per heavy atom. The number of hydrogen-bond donors (Lipinski definition) is 2. The predicted molar refractivity (Wildman–Crippen MR) is 120 cm³/mol. The molecule has 0 aromatic heterocycles. The summed E-state index contributed by atoms with van der Waals surface area (Å²) in [6.07, 6.45) is 3.53. The Hall–Kier alpha value is -3.11. The number of nitrogens with two attached hydrogens (primary N) is 1. The largest absolute Gasteiger partial charge is 0.508 e. The van der Waals surface area contributed by atoms with Crippen LogP contribution in [0.25, 0.3) is 11.1 Å². The summed E-state index contributed by atoms with van der Waals surface area (Å²) in [5, 5.41) is 9.46. The van der Waals surface area contributed by atoms with Gasteiger partial charge in [0.1, 0.15) is 5.75 Å². The zero-order valence-corrected chi connectivity index (χ0v) is 17.1. The van der Waals surface area contributed by atoms with Crippen molar-refractivity contribution in [2.75, 3.05) is 6.54 Å². The van der Waals surface area contributed by atoms with Crippen molar-refractivity contribution < 1.29 is 9.90 Å². The minimum absolute atomic E-state index is 0.00195. The number of phenols is 1. The number of likely N-dealkylation sites (tertiary alicyclic amines) is 1. The van der Waals surface area contributed by atoms with Crippen LogP contribution >= 0.6 is 0 Å². The quantitative estimate of drug-likeness (QED) is 0.653. The van der Waals surface area contributed by atoms with E-state index < -0.39 is 6.04 Å². The van der Waals surface area contributed by atoms with Gasteiger partial charge in [-0.25, -0.2) is 0 Å². The van der Waals surface area contributed by atoms with Crippen LogP contribution in [0.1, 0.15) is 36.4 Å². The van der Waals surface area contributed by atoms with Gasteiger partial charge in [0, 0.05) is 6.54 Å². The first-order valence-corrected chi connectivity index (χ1v) is 10.6. The van der Waals surface area contributed by atoms with E-state index in [2.05, 4.69) is 36.4 Å². The maximum Gasteiger partial charge on any atom is 0.240 e. The third kappa shape index (κ3) is 4.55. The second kappa shape index (κ2) is 9.14. The lowest BCUT2D eigenvalue weighted by atomic mass is 9.91. The van der Waals surface area contributed by atoms with Crippen molar-refractivity contribution in [3.8, 4) is 16.9 Å². The van der Waals surface area contributed by atoms with Gasteiger partial charge in [-0.15, -0.1) is 0 Å². The van der Waals surface area contributed by atoms with Gasteiger partial charge in [0.2, 0.25) is 5.91 Å². The maximum absolute atomic E-state index is 13.3. The summed E-state index contributed by atoms with van der Waals surface area (Å²) in [4.78, 5) is 15.2. The third-order valence-electron chi connectivity index (χ3n) is 5.87. The number of piperidine rings is 1. The van der Waals surface area contributed by atoms with Crippen molar-refractivity contribution in [1.29, 1.82) is 0 Å². The van der Waals surface area contributed by atoms with Crippen LogP contribution in [0, 0.1) is 0 Å². The zero-order valence-electron chi connectivity index (χ0n) is 17.1. The van der Waals surface area contributed by atoms with Crippen LogP contribution in [0.3, 0.4) is 0 Å². The molecule has 1 fully saturated rings. The fourth-order valence-corrected chi connectivity index (χ4v) is 4.28. The average molecular weight is 401 g/mol. The Morgan fingerprint density at radius 2 is 1.70 bits per heavy atom. The van der Waals surface area contributed by atoms with Gasteiger partial charge < -0.3 is 15.7 Å². The molecule has 3 N–H and O–H groups in total. The second-order valence-electron chi connectivity index (χ2n) is 8.01. The molecule has 4 nitrogen and oxygen atoms in total. The van der Waals surface area contributed by atoms with Gasteiger partial charge in [0.05, 0.1) is 12.1 Å². The first kappa shape index (κ1) is 20.2. The lowest BCUT2D eigenvalue weighted by Crippen LogP contribution is -2.48. The minimum atomic E-state index is -0.590. The van der Waals surface area contributed by atoms with Gasteiger partial charge in [-0.1, -0.05) is 60.7 Å². The maximum atomic E-state index is 13.3. The molecule has 1 aliphatic heterocycles. The molecule has 1 amide bonds. The lowest BCUT2D eigenvalue weighted by molar-refractivity contribution is -0.136. The normalized spacial score (nSPS) is 17.5. The van der Waals surface area contributed by atoms with E-state index in [0.717, 1.165) is 31.4 Å². The summed E-state index contributed by atoms with van der Waals surface area (Å²) in [6, 6.07) is 25.2. The molecule has 154 valence electrons. The highest BCUT2D eigenvalue weighted by molar-refractivity contribution is 5.82. The summed E-state index contributed by atoms with van der Waals surface area (Å²) in [7, 11) is 0. The Labute approximate surface area is 178 Å². The van der Waals surface area contributed by atoms with Crippen LogP contribution in [0.4, 0.5) is 0 Å². The van der Waals surface area contributed by atoms with E-state index in [-0.39, 0.29) is 17.7 Å². The molecule has 0 aliphatic carbocycles. The molecular formula is C26H28N2O2. The smallest absolute Gasteiger partial charge is 0.240 e. The van der Waals surface area contributed by atoms with E-state index in [0.29, 0.717) is 6.42 Å². The van der Waals surface area contributed by atoms with Crippen molar-refractivity contribution in [2.45, 2.75) is 37.8 Å². The number of carbonyl (C=O) groups excluding carboxylic acids is 1. The van der Waals surface area contributed by atoms with Crippen molar-refractivity contribution in [3.05, 3.63) is 90.0 Å². The monoisotopic (exact) mass is 400 g/mol. The van der Waals surface area contributed by atoms with E-state index in [1.54, 1.807) is 12.1 Å².